The summed E-state index contributed by atoms with van der Waals surface area (Å²) < 4.78 is 3.18. The highest BCUT2D eigenvalue weighted by atomic mass is 79.9. The summed E-state index contributed by atoms with van der Waals surface area (Å²) in [6.45, 7) is 0.555. The molecule has 3 heterocycles. The molecule has 0 saturated carbocycles. The van der Waals surface area contributed by atoms with Gasteiger partial charge in [0.15, 0.2) is 5.69 Å². The van der Waals surface area contributed by atoms with Crippen LogP contribution in [0.4, 0.5) is 5.69 Å². The average Bonchev–Trinajstić information content (AvgIpc) is 3.19. The molecule has 2 aromatic heterocycles. The van der Waals surface area contributed by atoms with Gasteiger partial charge in [0.05, 0.1) is 10.7 Å². The van der Waals surface area contributed by atoms with Gasteiger partial charge in [-0.25, -0.2) is 9.50 Å². The van der Waals surface area contributed by atoms with E-state index < -0.39 is 11.9 Å². The SMILES string of the molecule is O=C(NC1CCN(c2ccc(Br)cc2)C1=O)c1nccn2ncc(Br)c12. The van der Waals surface area contributed by atoms with Crippen LogP contribution in [-0.4, -0.2) is 39.0 Å². The van der Waals surface area contributed by atoms with E-state index in [4.69, 9.17) is 0 Å². The molecule has 9 heteroatoms. The van der Waals surface area contributed by atoms with E-state index in [1.165, 1.54) is 6.20 Å². The fraction of sp³-hybridized carbons (Fsp3) is 0.176. The van der Waals surface area contributed by atoms with Gasteiger partial charge >= 0.3 is 0 Å². The number of hydrogen-bond donors (Lipinski definition) is 1. The van der Waals surface area contributed by atoms with Crippen molar-refractivity contribution in [3.63, 3.8) is 0 Å². The van der Waals surface area contributed by atoms with E-state index in [1.54, 1.807) is 21.8 Å². The maximum absolute atomic E-state index is 12.7. The maximum Gasteiger partial charge on any atom is 0.272 e. The molecule has 1 unspecified atom stereocenters. The molecule has 1 N–H and O–H groups in total. The standard InChI is InChI=1S/C17H13Br2N5O2/c18-10-1-3-11(4-2-10)23-7-5-13(17(23)26)22-16(25)14-15-12(19)9-21-24(15)8-6-20-14/h1-4,6,8-9,13H,5,7H2,(H,22,25). The van der Waals surface area contributed by atoms with Crippen molar-refractivity contribution < 1.29 is 9.59 Å². The fourth-order valence-electron chi connectivity index (χ4n) is 2.99. The Kier molecular flexibility index (Phi) is 4.49. The number of carbonyl (C=O) groups excluding carboxylic acids is 2. The zero-order valence-electron chi connectivity index (χ0n) is 13.4. The largest absolute Gasteiger partial charge is 0.339 e. The van der Waals surface area contributed by atoms with Crippen molar-refractivity contribution in [3.05, 3.63) is 57.5 Å². The molecule has 0 radical (unpaired) electrons. The summed E-state index contributed by atoms with van der Waals surface area (Å²) >= 11 is 6.76. The van der Waals surface area contributed by atoms with Gasteiger partial charge in [0.2, 0.25) is 5.91 Å². The van der Waals surface area contributed by atoms with Crippen molar-refractivity contribution in [1.82, 2.24) is 19.9 Å². The smallest absolute Gasteiger partial charge is 0.272 e. The van der Waals surface area contributed by atoms with Crippen LogP contribution in [0.5, 0.6) is 0 Å². The first-order valence-electron chi connectivity index (χ1n) is 7.90. The lowest BCUT2D eigenvalue weighted by atomic mass is 10.2. The van der Waals surface area contributed by atoms with Crippen LogP contribution >= 0.6 is 31.9 Å². The number of nitrogens with one attached hydrogen (secondary N) is 1. The van der Waals surface area contributed by atoms with Crippen LogP contribution in [0.2, 0.25) is 0 Å². The second-order valence-electron chi connectivity index (χ2n) is 5.84. The quantitative estimate of drug-likeness (QED) is 0.627. The topological polar surface area (TPSA) is 79.6 Å². The molecule has 26 heavy (non-hydrogen) atoms. The molecule has 132 valence electrons. The van der Waals surface area contributed by atoms with Crippen molar-refractivity contribution in [2.75, 3.05) is 11.4 Å². The van der Waals surface area contributed by atoms with E-state index in [2.05, 4.69) is 47.3 Å². The van der Waals surface area contributed by atoms with Crippen LogP contribution in [0.15, 0.2) is 51.8 Å². The lowest BCUT2D eigenvalue weighted by Gasteiger charge is -2.17. The van der Waals surface area contributed by atoms with Crippen LogP contribution in [0, 0.1) is 0 Å². The van der Waals surface area contributed by atoms with Crippen molar-refractivity contribution in [1.29, 1.82) is 0 Å². The van der Waals surface area contributed by atoms with Crippen LogP contribution < -0.4 is 10.2 Å². The highest BCUT2D eigenvalue weighted by molar-refractivity contribution is 9.11. The van der Waals surface area contributed by atoms with Crippen molar-refractivity contribution in [2.24, 2.45) is 0 Å². The summed E-state index contributed by atoms with van der Waals surface area (Å²) in [5.41, 5.74) is 1.61. The van der Waals surface area contributed by atoms with E-state index in [0.717, 1.165) is 10.2 Å². The van der Waals surface area contributed by atoms with E-state index >= 15 is 0 Å². The molecule has 7 nitrogen and oxygen atoms in total. The number of aromatic nitrogens is 3. The van der Waals surface area contributed by atoms with Gasteiger partial charge in [-0.05, 0) is 46.6 Å². The molecule has 1 saturated heterocycles. The predicted octanol–water partition coefficient (Wildman–Crippen LogP) is 2.79. The van der Waals surface area contributed by atoms with E-state index in [1.807, 2.05) is 24.3 Å². The normalized spacial score (nSPS) is 17.1. The number of rotatable bonds is 3. The number of fused-ring (bicyclic) bond motifs is 1. The highest BCUT2D eigenvalue weighted by Gasteiger charge is 2.34. The third kappa shape index (κ3) is 3.01. The summed E-state index contributed by atoms with van der Waals surface area (Å²) in [7, 11) is 0. The predicted molar refractivity (Wildman–Crippen MR) is 103 cm³/mol. The summed E-state index contributed by atoms with van der Waals surface area (Å²) in [5, 5.41) is 6.94. The molecule has 0 spiro atoms. The molecule has 1 atom stereocenters. The van der Waals surface area contributed by atoms with Gasteiger partial charge < -0.3 is 10.2 Å². The monoisotopic (exact) mass is 477 g/mol. The summed E-state index contributed by atoms with van der Waals surface area (Å²) in [5.74, 6) is -0.520. The number of amides is 2. The Bertz CT molecular complexity index is 1000. The lowest BCUT2D eigenvalue weighted by Crippen LogP contribution is -2.42. The maximum atomic E-state index is 12.7. The zero-order valence-corrected chi connectivity index (χ0v) is 16.6. The molecule has 0 bridgehead atoms. The van der Waals surface area contributed by atoms with Crippen LogP contribution in [0.1, 0.15) is 16.9 Å². The second-order valence-corrected chi connectivity index (χ2v) is 7.61. The van der Waals surface area contributed by atoms with Crippen LogP contribution in [0.25, 0.3) is 5.52 Å². The van der Waals surface area contributed by atoms with Gasteiger partial charge in [0.1, 0.15) is 11.6 Å². The summed E-state index contributed by atoms with van der Waals surface area (Å²) in [6.07, 6.45) is 5.31. The molecule has 1 aliphatic rings. The summed E-state index contributed by atoms with van der Waals surface area (Å²) in [6, 6.07) is 6.94. The first-order chi connectivity index (χ1) is 12.5. The Morgan fingerprint density at radius 2 is 2.00 bits per heavy atom. The minimum Gasteiger partial charge on any atom is -0.339 e. The Labute approximate surface area is 165 Å². The van der Waals surface area contributed by atoms with Crippen molar-refractivity contribution in [3.8, 4) is 0 Å². The third-order valence-corrected chi connectivity index (χ3v) is 5.36. The van der Waals surface area contributed by atoms with Crippen LogP contribution in [0.3, 0.4) is 0 Å². The number of nitrogens with zero attached hydrogens (tertiary/aromatic N) is 4. The van der Waals surface area contributed by atoms with Crippen molar-refractivity contribution >= 4 is 54.9 Å². The number of benzene rings is 1. The number of anilines is 1. The fourth-order valence-corrected chi connectivity index (χ4v) is 3.72. The highest BCUT2D eigenvalue weighted by Crippen LogP contribution is 2.24. The van der Waals surface area contributed by atoms with Gasteiger partial charge in [0, 0.05) is 29.1 Å². The van der Waals surface area contributed by atoms with E-state index in [0.29, 0.717) is 23.0 Å². The van der Waals surface area contributed by atoms with Crippen molar-refractivity contribution in [2.45, 2.75) is 12.5 Å². The minimum absolute atomic E-state index is 0.125. The number of carbonyl (C=O) groups is 2. The summed E-state index contributed by atoms with van der Waals surface area (Å²) in [4.78, 5) is 31.2. The van der Waals surface area contributed by atoms with Gasteiger partial charge in [-0.2, -0.15) is 5.10 Å². The Morgan fingerprint density at radius 3 is 2.77 bits per heavy atom. The number of halogens is 2. The first kappa shape index (κ1) is 17.2. The molecule has 4 rings (SSSR count). The van der Waals surface area contributed by atoms with Gasteiger partial charge in [-0.15, -0.1) is 0 Å². The van der Waals surface area contributed by atoms with Gasteiger partial charge in [0.25, 0.3) is 5.91 Å². The van der Waals surface area contributed by atoms with Gasteiger partial charge in [-0.3, -0.25) is 9.59 Å². The second kappa shape index (κ2) is 6.81. The molecule has 2 amide bonds. The molecule has 1 aliphatic heterocycles. The Morgan fingerprint density at radius 1 is 1.23 bits per heavy atom. The van der Waals surface area contributed by atoms with Gasteiger partial charge in [-0.1, -0.05) is 15.9 Å². The lowest BCUT2D eigenvalue weighted by molar-refractivity contribution is -0.118. The average molecular weight is 479 g/mol. The molecule has 1 aromatic carbocycles. The first-order valence-corrected chi connectivity index (χ1v) is 9.49. The number of hydrogen-bond acceptors (Lipinski definition) is 4. The Hall–Kier alpha value is -2.26. The molecular weight excluding hydrogens is 466 g/mol. The van der Waals surface area contributed by atoms with E-state index in [-0.39, 0.29) is 11.6 Å². The molecule has 1 fully saturated rings. The molecular formula is C17H13Br2N5O2. The van der Waals surface area contributed by atoms with E-state index in [9.17, 15) is 9.59 Å². The zero-order chi connectivity index (χ0) is 18.3. The third-order valence-electron chi connectivity index (χ3n) is 4.25. The molecule has 3 aromatic rings. The van der Waals surface area contributed by atoms with Crippen LogP contribution in [-0.2, 0) is 4.79 Å². The minimum atomic E-state index is -0.574. The Balaban J connectivity index is 1.54. The molecule has 0 aliphatic carbocycles.